The van der Waals surface area contributed by atoms with Gasteiger partial charge in [0.2, 0.25) is 0 Å². The average Bonchev–Trinajstić information content (AvgIpc) is 2.55. The number of carbonyl (C=O) groups is 1. The molecule has 1 N–H and O–H groups in total. The lowest BCUT2D eigenvalue weighted by atomic mass is 10.2. The molecule has 2 rings (SSSR count). The zero-order valence-electron chi connectivity index (χ0n) is 11.7. The molecule has 1 aromatic heterocycles. The van der Waals surface area contributed by atoms with Gasteiger partial charge in [-0.1, -0.05) is 34.8 Å². The molecule has 120 valence electrons. The third-order valence-electron chi connectivity index (χ3n) is 2.73. The zero-order chi connectivity index (χ0) is 16.8. The molecular weight excluding hydrogens is 363 g/mol. The van der Waals surface area contributed by atoms with Crippen LogP contribution in [0.15, 0.2) is 36.7 Å². The van der Waals surface area contributed by atoms with E-state index in [2.05, 4.69) is 4.98 Å². The number of hydrogen-bond donors (Lipinski definition) is 1. The Morgan fingerprint density at radius 1 is 1.04 bits per heavy atom. The number of rotatable bonds is 6. The molecule has 0 bridgehead atoms. The third kappa shape index (κ3) is 5.10. The smallest absolute Gasteiger partial charge is 0.344 e. The predicted molar refractivity (Wildman–Crippen MR) is 89.0 cm³/mol. The number of benzene rings is 1. The molecule has 0 aliphatic heterocycles. The number of ether oxygens (including phenoxy) is 2. The van der Waals surface area contributed by atoms with E-state index in [0.29, 0.717) is 5.56 Å². The molecule has 0 amide bonds. The minimum Gasteiger partial charge on any atom is -0.480 e. The van der Waals surface area contributed by atoms with Crippen LogP contribution in [0, 0.1) is 5.41 Å². The topological polar surface area (TPSA) is 72.3 Å². The van der Waals surface area contributed by atoms with Gasteiger partial charge in [0.25, 0.3) is 0 Å². The largest absolute Gasteiger partial charge is 0.480 e. The summed E-state index contributed by atoms with van der Waals surface area (Å²) in [4.78, 5) is 15.5. The van der Waals surface area contributed by atoms with Crippen LogP contribution >= 0.6 is 34.8 Å². The van der Waals surface area contributed by atoms with Gasteiger partial charge in [-0.05, 0) is 18.2 Å². The minimum atomic E-state index is -0.633. The van der Waals surface area contributed by atoms with Gasteiger partial charge in [0.15, 0.2) is 6.61 Å². The lowest BCUT2D eigenvalue weighted by Crippen LogP contribution is -2.19. The summed E-state index contributed by atoms with van der Waals surface area (Å²) in [5, 5.41) is 8.59. The molecule has 23 heavy (non-hydrogen) atoms. The van der Waals surface area contributed by atoms with Crippen molar-refractivity contribution in [2.24, 2.45) is 0 Å². The van der Waals surface area contributed by atoms with Crippen LogP contribution in [0.25, 0.3) is 0 Å². The number of hydrogen-bond acceptors (Lipinski definition) is 5. The first-order valence-electron chi connectivity index (χ1n) is 6.38. The predicted octanol–water partition coefficient (Wildman–Crippen LogP) is 4.03. The van der Waals surface area contributed by atoms with E-state index in [4.69, 9.17) is 49.7 Å². The first-order valence-corrected chi connectivity index (χ1v) is 7.51. The number of halogens is 3. The number of pyridine rings is 1. The molecule has 8 heteroatoms. The van der Waals surface area contributed by atoms with E-state index in [1.165, 1.54) is 12.1 Å². The van der Waals surface area contributed by atoms with Crippen molar-refractivity contribution in [3.8, 4) is 5.75 Å². The van der Waals surface area contributed by atoms with Crippen LogP contribution in [-0.2, 0) is 9.53 Å². The Labute approximate surface area is 147 Å². The highest BCUT2D eigenvalue weighted by atomic mass is 35.5. The Bertz CT molecular complexity index is 723. The van der Waals surface area contributed by atoms with Gasteiger partial charge in [0, 0.05) is 24.0 Å². The summed E-state index contributed by atoms with van der Waals surface area (Å²) >= 11 is 17.6. The second-order valence-electron chi connectivity index (χ2n) is 4.36. The second-order valence-corrected chi connectivity index (χ2v) is 5.58. The Kier molecular flexibility index (Phi) is 6.21. The van der Waals surface area contributed by atoms with Crippen molar-refractivity contribution in [1.29, 1.82) is 5.41 Å². The van der Waals surface area contributed by atoms with Crippen molar-refractivity contribution in [2.45, 2.75) is 0 Å². The normalized spacial score (nSPS) is 10.2. The van der Waals surface area contributed by atoms with Crippen LogP contribution in [0.5, 0.6) is 5.75 Å². The van der Waals surface area contributed by atoms with Crippen LogP contribution in [0.3, 0.4) is 0 Å². The second kappa shape index (κ2) is 8.15. The Hall–Kier alpha value is -1.82. The van der Waals surface area contributed by atoms with Crippen molar-refractivity contribution in [1.82, 2.24) is 4.98 Å². The van der Waals surface area contributed by atoms with Gasteiger partial charge in [-0.25, -0.2) is 4.79 Å². The van der Waals surface area contributed by atoms with Crippen LogP contribution in [0.1, 0.15) is 5.56 Å². The van der Waals surface area contributed by atoms with Crippen molar-refractivity contribution >= 4 is 46.5 Å². The molecule has 0 aliphatic carbocycles. The molecule has 2 aromatic rings. The number of nitrogens with zero attached hydrogens (tertiary/aromatic N) is 1. The minimum absolute atomic E-state index is 0.160. The van der Waals surface area contributed by atoms with E-state index in [1.807, 2.05) is 0 Å². The van der Waals surface area contributed by atoms with Gasteiger partial charge in [0.1, 0.15) is 12.4 Å². The molecule has 1 aromatic carbocycles. The van der Waals surface area contributed by atoms with Gasteiger partial charge in [-0.3, -0.25) is 4.98 Å². The van der Waals surface area contributed by atoms with Crippen molar-refractivity contribution < 1.29 is 14.3 Å². The molecule has 0 saturated carbocycles. The molecule has 0 radical (unpaired) electrons. The number of esters is 1. The highest BCUT2D eigenvalue weighted by Gasteiger charge is 2.11. The van der Waals surface area contributed by atoms with Gasteiger partial charge >= 0.3 is 5.97 Å². The van der Waals surface area contributed by atoms with E-state index in [-0.39, 0.29) is 39.7 Å². The maximum atomic E-state index is 11.7. The molecular formula is C15H11Cl3N2O3. The number of carbonyl (C=O) groups excluding carboxylic acids is 1. The van der Waals surface area contributed by atoms with Crippen LogP contribution in [0.4, 0.5) is 0 Å². The standard InChI is InChI=1S/C15H11Cl3N2O3/c16-10-5-12(18)14(6-11(10)17)22-8-15(21)23-7-13(19)9-1-3-20-4-2-9/h1-6,19H,7-8H2. The first-order chi connectivity index (χ1) is 11.0. The monoisotopic (exact) mass is 372 g/mol. The fraction of sp³-hybridized carbons (Fsp3) is 0.133. The molecule has 0 fully saturated rings. The van der Waals surface area contributed by atoms with Crippen LogP contribution in [0.2, 0.25) is 15.1 Å². The number of nitrogens with one attached hydrogen (secondary N) is 1. The molecule has 0 aliphatic rings. The highest BCUT2D eigenvalue weighted by Crippen LogP contribution is 2.33. The fourth-order valence-corrected chi connectivity index (χ4v) is 2.17. The fourth-order valence-electron chi connectivity index (χ4n) is 1.58. The molecule has 5 nitrogen and oxygen atoms in total. The van der Waals surface area contributed by atoms with E-state index >= 15 is 0 Å². The zero-order valence-corrected chi connectivity index (χ0v) is 14.0. The Balaban J connectivity index is 1.84. The SMILES string of the molecule is N=C(COC(=O)COc1cc(Cl)c(Cl)cc1Cl)c1ccncc1. The lowest BCUT2D eigenvalue weighted by molar-refractivity contribution is -0.144. The Morgan fingerprint density at radius 2 is 1.70 bits per heavy atom. The van der Waals surface area contributed by atoms with Gasteiger partial charge < -0.3 is 14.9 Å². The summed E-state index contributed by atoms with van der Waals surface area (Å²) < 4.78 is 10.2. The highest BCUT2D eigenvalue weighted by molar-refractivity contribution is 6.43. The van der Waals surface area contributed by atoms with Crippen LogP contribution < -0.4 is 4.74 Å². The summed E-state index contributed by atoms with van der Waals surface area (Å²) in [6.45, 7) is -0.525. The summed E-state index contributed by atoms with van der Waals surface area (Å²) in [6, 6.07) is 6.15. The quantitative estimate of drug-likeness (QED) is 0.471. The van der Waals surface area contributed by atoms with E-state index in [9.17, 15) is 4.79 Å². The summed E-state index contributed by atoms with van der Waals surface area (Å²) in [6.07, 6.45) is 3.11. The van der Waals surface area contributed by atoms with Crippen molar-refractivity contribution in [3.63, 3.8) is 0 Å². The molecule has 0 atom stereocenters. The summed E-state index contributed by atoms with van der Waals surface area (Å²) in [7, 11) is 0. The third-order valence-corrected chi connectivity index (χ3v) is 3.74. The average molecular weight is 374 g/mol. The molecule has 0 spiro atoms. The van der Waals surface area contributed by atoms with E-state index in [0.717, 1.165) is 0 Å². The lowest BCUT2D eigenvalue weighted by Gasteiger charge is -2.10. The first kappa shape index (κ1) is 17.5. The molecule has 0 unspecified atom stereocenters. The van der Waals surface area contributed by atoms with Crippen molar-refractivity contribution in [2.75, 3.05) is 13.2 Å². The molecule has 1 heterocycles. The van der Waals surface area contributed by atoms with Crippen molar-refractivity contribution in [3.05, 3.63) is 57.3 Å². The Morgan fingerprint density at radius 3 is 2.39 bits per heavy atom. The van der Waals surface area contributed by atoms with E-state index < -0.39 is 5.97 Å². The molecule has 0 saturated heterocycles. The summed E-state index contributed by atoms with van der Waals surface area (Å²) in [5.74, 6) is -0.409. The van der Waals surface area contributed by atoms with Gasteiger partial charge in [-0.15, -0.1) is 0 Å². The maximum Gasteiger partial charge on any atom is 0.344 e. The van der Waals surface area contributed by atoms with Gasteiger partial charge in [-0.2, -0.15) is 0 Å². The van der Waals surface area contributed by atoms with E-state index in [1.54, 1.807) is 24.5 Å². The maximum absolute atomic E-state index is 11.7. The number of aromatic nitrogens is 1. The van der Waals surface area contributed by atoms with Gasteiger partial charge in [0.05, 0.1) is 20.8 Å². The van der Waals surface area contributed by atoms with Crippen LogP contribution in [-0.4, -0.2) is 29.9 Å². The summed E-state index contributed by atoms with van der Waals surface area (Å²) in [5.41, 5.74) is 0.787.